The topological polar surface area (TPSA) is 80.4 Å². The normalized spacial score (nSPS) is 24.2. The molecule has 24 heavy (non-hydrogen) atoms. The molecule has 1 aromatic carbocycles. The van der Waals surface area contributed by atoms with Gasteiger partial charge >= 0.3 is 0 Å². The zero-order valence-corrected chi connectivity index (χ0v) is 14.2. The van der Waals surface area contributed by atoms with Gasteiger partial charge in [0.15, 0.2) is 11.6 Å². The van der Waals surface area contributed by atoms with Gasteiger partial charge in [0.1, 0.15) is 12.2 Å². The quantitative estimate of drug-likeness (QED) is 0.877. The summed E-state index contributed by atoms with van der Waals surface area (Å²) in [5.74, 6) is 1.39. The Hall–Kier alpha value is -1.76. The lowest BCUT2D eigenvalue weighted by atomic mass is 10.0. The van der Waals surface area contributed by atoms with Gasteiger partial charge in [-0.05, 0) is 18.4 Å². The second-order valence-corrected chi connectivity index (χ2v) is 6.26. The molecule has 0 spiro atoms. The first-order valence-corrected chi connectivity index (χ1v) is 8.64. The number of aliphatic hydroxyl groups is 2. The van der Waals surface area contributed by atoms with Gasteiger partial charge in [0.05, 0.1) is 12.7 Å². The Kier molecular flexibility index (Phi) is 5.28. The van der Waals surface area contributed by atoms with E-state index < -0.39 is 12.2 Å². The maximum Gasteiger partial charge on any atom is 0.181 e. The molecule has 0 saturated carbocycles. The summed E-state index contributed by atoms with van der Waals surface area (Å²) in [7, 11) is 0. The van der Waals surface area contributed by atoms with Crippen molar-refractivity contribution in [3.05, 3.63) is 35.7 Å². The highest BCUT2D eigenvalue weighted by molar-refractivity contribution is 5.55. The molecule has 1 aliphatic heterocycles. The molecule has 2 N–H and O–H groups in total. The molecule has 0 radical (unpaired) electrons. The van der Waals surface area contributed by atoms with Crippen LogP contribution in [0.1, 0.15) is 44.2 Å². The molecule has 1 aliphatic rings. The van der Waals surface area contributed by atoms with E-state index in [9.17, 15) is 10.2 Å². The number of aliphatic hydroxyl groups excluding tert-OH is 2. The smallest absolute Gasteiger partial charge is 0.181 e. The third-order valence-electron chi connectivity index (χ3n) is 4.41. The number of aromatic nitrogens is 3. The SMILES string of the molecule is CCCn1nc(-c2ccc(CC)cc2)nc1[C@@H]1C[C@H](O)[C@H](O)CO1. The van der Waals surface area contributed by atoms with Crippen molar-refractivity contribution in [2.24, 2.45) is 0 Å². The Bertz CT molecular complexity index is 669. The fraction of sp³-hybridized carbons (Fsp3) is 0.556. The van der Waals surface area contributed by atoms with E-state index in [1.165, 1.54) is 5.56 Å². The minimum absolute atomic E-state index is 0.116. The van der Waals surface area contributed by atoms with Crippen molar-refractivity contribution in [2.45, 2.75) is 58.0 Å². The van der Waals surface area contributed by atoms with E-state index in [1.54, 1.807) is 0 Å². The maximum absolute atomic E-state index is 9.92. The first-order chi connectivity index (χ1) is 11.6. The van der Waals surface area contributed by atoms with Gasteiger partial charge in [0, 0.05) is 18.5 Å². The van der Waals surface area contributed by atoms with Gasteiger partial charge in [-0.3, -0.25) is 0 Å². The Morgan fingerprint density at radius 2 is 1.92 bits per heavy atom. The zero-order valence-electron chi connectivity index (χ0n) is 14.2. The number of nitrogens with zero attached hydrogens (tertiary/aromatic N) is 3. The molecule has 3 rings (SSSR count). The standard InChI is InChI=1S/C18H25N3O3/c1-3-9-21-18(16-10-14(22)15(23)11-24-16)19-17(20-21)13-7-5-12(4-2)6-8-13/h5-8,14-16,22-23H,3-4,9-11H2,1-2H3/t14-,15+,16-/m0/s1. The molecule has 0 aliphatic carbocycles. The van der Waals surface area contributed by atoms with Crippen LogP contribution < -0.4 is 0 Å². The van der Waals surface area contributed by atoms with Crippen LogP contribution in [0.25, 0.3) is 11.4 Å². The Morgan fingerprint density at radius 1 is 1.17 bits per heavy atom. The molecule has 6 heteroatoms. The highest BCUT2D eigenvalue weighted by Gasteiger charge is 2.32. The minimum atomic E-state index is -0.829. The number of ether oxygens (including phenoxy) is 1. The molecule has 1 saturated heterocycles. The number of hydrogen-bond donors (Lipinski definition) is 2. The Labute approximate surface area is 142 Å². The van der Waals surface area contributed by atoms with Crippen LogP contribution in [0.5, 0.6) is 0 Å². The molecular weight excluding hydrogens is 306 g/mol. The number of rotatable bonds is 5. The lowest BCUT2D eigenvalue weighted by Crippen LogP contribution is -2.38. The van der Waals surface area contributed by atoms with Gasteiger partial charge in [0.25, 0.3) is 0 Å². The molecule has 1 aromatic heterocycles. The van der Waals surface area contributed by atoms with Gasteiger partial charge in [-0.25, -0.2) is 9.67 Å². The van der Waals surface area contributed by atoms with Gasteiger partial charge in [0.2, 0.25) is 0 Å². The van der Waals surface area contributed by atoms with E-state index in [4.69, 9.17) is 4.74 Å². The van der Waals surface area contributed by atoms with Gasteiger partial charge in [-0.15, -0.1) is 0 Å². The van der Waals surface area contributed by atoms with E-state index >= 15 is 0 Å². The van der Waals surface area contributed by atoms with Gasteiger partial charge in [-0.2, -0.15) is 5.10 Å². The van der Waals surface area contributed by atoms with Crippen LogP contribution in [-0.2, 0) is 17.7 Å². The highest BCUT2D eigenvalue weighted by Crippen LogP contribution is 2.29. The molecule has 6 nitrogen and oxygen atoms in total. The Morgan fingerprint density at radius 3 is 2.54 bits per heavy atom. The van der Waals surface area contributed by atoms with E-state index in [2.05, 4.69) is 36.1 Å². The van der Waals surface area contributed by atoms with E-state index in [-0.39, 0.29) is 12.7 Å². The molecule has 0 amide bonds. The average molecular weight is 331 g/mol. The van der Waals surface area contributed by atoms with Crippen molar-refractivity contribution >= 4 is 0 Å². The van der Waals surface area contributed by atoms with E-state index in [0.717, 1.165) is 30.8 Å². The fourth-order valence-electron chi connectivity index (χ4n) is 2.93. The average Bonchev–Trinajstić information content (AvgIpc) is 3.02. The van der Waals surface area contributed by atoms with Crippen LogP contribution in [0.2, 0.25) is 0 Å². The summed E-state index contributed by atoms with van der Waals surface area (Å²) in [6.07, 6.45) is 0.304. The highest BCUT2D eigenvalue weighted by atomic mass is 16.5. The number of aryl methyl sites for hydroxylation is 2. The summed E-state index contributed by atoms with van der Waals surface area (Å²) < 4.78 is 7.55. The van der Waals surface area contributed by atoms with Crippen LogP contribution in [0.3, 0.4) is 0 Å². The second kappa shape index (κ2) is 7.42. The third kappa shape index (κ3) is 3.50. The van der Waals surface area contributed by atoms with E-state index in [1.807, 2.05) is 16.8 Å². The van der Waals surface area contributed by atoms with Crippen molar-refractivity contribution in [1.29, 1.82) is 0 Å². The largest absolute Gasteiger partial charge is 0.390 e. The third-order valence-corrected chi connectivity index (χ3v) is 4.41. The molecule has 0 bridgehead atoms. The monoisotopic (exact) mass is 331 g/mol. The minimum Gasteiger partial charge on any atom is -0.390 e. The van der Waals surface area contributed by atoms with Gasteiger partial charge in [-0.1, -0.05) is 38.1 Å². The summed E-state index contributed by atoms with van der Waals surface area (Å²) in [5, 5.41) is 24.2. The van der Waals surface area contributed by atoms with Crippen LogP contribution in [-0.4, -0.2) is 43.8 Å². The van der Waals surface area contributed by atoms with Gasteiger partial charge < -0.3 is 14.9 Å². The van der Waals surface area contributed by atoms with Crippen molar-refractivity contribution in [3.8, 4) is 11.4 Å². The van der Waals surface area contributed by atoms with Crippen molar-refractivity contribution in [3.63, 3.8) is 0 Å². The maximum atomic E-state index is 9.92. The molecule has 3 atom stereocenters. The lowest BCUT2D eigenvalue weighted by molar-refractivity contribution is -0.125. The molecule has 2 heterocycles. The molecule has 0 unspecified atom stereocenters. The van der Waals surface area contributed by atoms with Crippen molar-refractivity contribution in [1.82, 2.24) is 14.8 Å². The second-order valence-electron chi connectivity index (χ2n) is 6.26. The zero-order chi connectivity index (χ0) is 17.1. The molecule has 130 valence electrons. The number of hydrogen-bond acceptors (Lipinski definition) is 5. The van der Waals surface area contributed by atoms with Crippen LogP contribution in [0.15, 0.2) is 24.3 Å². The number of benzene rings is 1. The van der Waals surface area contributed by atoms with E-state index in [0.29, 0.717) is 12.2 Å². The first-order valence-electron chi connectivity index (χ1n) is 8.64. The summed E-state index contributed by atoms with van der Waals surface area (Å²) in [4.78, 5) is 4.67. The Balaban J connectivity index is 1.89. The van der Waals surface area contributed by atoms with Crippen LogP contribution >= 0.6 is 0 Å². The fourth-order valence-corrected chi connectivity index (χ4v) is 2.93. The van der Waals surface area contributed by atoms with Crippen molar-refractivity contribution in [2.75, 3.05) is 6.61 Å². The summed E-state index contributed by atoms with van der Waals surface area (Å²) in [6.45, 7) is 5.07. The summed E-state index contributed by atoms with van der Waals surface area (Å²) in [5.41, 5.74) is 2.25. The molecule has 2 aromatic rings. The summed E-state index contributed by atoms with van der Waals surface area (Å²) >= 11 is 0. The molecule has 1 fully saturated rings. The first kappa shape index (κ1) is 17.1. The summed E-state index contributed by atoms with van der Waals surface area (Å²) in [6, 6.07) is 8.25. The molecular formula is C18H25N3O3. The predicted molar refractivity (Wildman–Crippen MR) is 90.5 cm³/mol. The van der Waals surface area contributed by atoms with Crippen LogP contribution in [0.4, 0.5) is 0 Å². The lowest BCUT2D eigenvalue weighted by Gasteiger charge is -2.29. The van der Waals surface area contributed by atoms with Crippen LogP contribution in [0, 0.1) is 0 Å². The van der Waals surface area contributed by atoms with Crippen molar-refractivity contribution < 1.29 is 14.9 Å². The predicted octanol–water partition coefficient (Wildman–Crippen LogP) is 2.10.